The minimum atomic E-state index is 0.518. The molecule has 2 unspecified atom stereocenters. The van der Waals surface area contributed by atoms with Gasteiger partial charge in [-0.15, -0.1) is 0 Å². The molecule has 15 heavy (non-hydrogen) atoms. The zero-order valence-electron chi connectivity index (χ0n) is 10.1. The Hall–Kier alpha value is -0.0800. The fourth-order valence-electron chi connectivity index (χ4n) is 2.21. The number of hydrogen-bond donors (Lipinski definition) is 0. The Kier molecular flexibility index (Phi) is 3.68. The number of epoxide rings is 2. The van der Waals surface area contributed by atoms with Gasteiger partial charge in [-0.25, -0.2) is 0 Å². The van der Waals surface area contributed by atoms with Crippen molar-refractivity contribution in [2.24, 2.45) is 5.41 Å². The minimum Gasteiger partial charge on any atom is -0.373 e. The average Bonchev–Trinajstić information content (AvgIpc) is 2.97. The van der Waals surface area contributed by atoms with Crippen LogP contribution in [0.1, 0.15) is 52.4 Å². The molecule has 2 rings (SSSR count). The molecule has 2 aliphatic rings. The van der Waals surface area contributed by atoms with Crippen molar-refractivity contribution >= 4 is 0 Å². The van der Waals surface area contributed by atoms with E-state index in [2.05, 4.69) is 13.8 Å². The second-order valence-electron chi connectivity index (χ2n) is 5.86. The van der Waals surface area contributed by atoms with Gasteiger partial charge in [0.1, 0.15) is 0 Å². The van der Waals surface area contributed by atoms with Gasteiger partial charge in [0.15, 0.2) is 0 Å². The average molecular weight is 212 g/mol. The van der Waals surface area contributed by atoms with Gasteiger partial charge in [0.05, 0.1) is 25.4 Å². The lowest BCUT2D eigenvalue weighted by atomic mass is 9.82. The molecule has 0 N–H and O–H groups in total. The molecule has 0 radical (unpaired) electrons. The minimum absolute atomic E-state index is 0.518. The van der Waals surface area contributed by atoms with Crippen molar-refractivity contribution in [1.29, 1.82) is 0 Å². The van der Waals surface area contributed by atoms with Crippen LogP contribution in [0.2, 0.25) is 0 Å². The molecule has 88 valence electrons. The summed E-state index contributed by atoms with van der Waals surface area (Å²) in [6.07, 6.45) is 9.12. The molecule has 2 saturated heterocycles. The molecule has 2 heterocycles. The summed E-state index contributed by atoms with van der Waals surface area (Å²) >= 11 is 0. The third-order valence-corrected chi connectivity index (χ3v) is 3.56. The maximum atomic E-state index is 5.23. The smallest absolute Gasteiger partial charge is 0.0810 e. The summed E-state index contributed by atoms with van der Waals surface area (Å²) in [4.78, 5) is 0. The normalized spacial score (nSPS) is 29.2. The van der Waals surface area contributed by atoms with Gasteiger partial charge >= 0.3 is 0 Å². The molecule has 2 fully saturated rings. The van der Waals surface area contributed by atoms with Gasteiger partial charge in [-0.1, -0.05) is 26.7 Å². The second kappa shape index (κ2) is 4.84. The molecule has 0 aliphatic carbocycles. The Morgan fingerprint density at radius 2 is 1.33 bits per heavy atom. The molecule has 2 heteroatoms. The summed E-state index contributed by atoms with van der Waals surface area (Å²) in [6.45, 7) is 6.82. The van der Waals surface area contributed by atoms with Crippen LogP contribution < -0.4 is 0 Å². The number of ether oxygens (including phenoxy) is 2. The first kappa shape index (κ1) is 11.4. The van der Waals surface area contributed by atoms with E-state index in [1.54, 1.807) is 0 Å². The van der Waals surface area contributed by atoms with Crippen LogP contribution in [0, 0.1) is 5.41 Å². The van der Waals surface area contributed by atoms with Gasteiger partial charge in [0.2, 0.25) is 0 Å². The van der Waals surface area contributed by atoms with Crippen LogP contribution in [0.5, 0.6) is 0 Å². The monoisotopic (exact) mass is 212 g/mol. The maximum absolute atomic E-state index is 5.23. The predicted octanol–water partition coefficient (Wildman–Crippen LogP) is 3.15. The summed E-state index contributed by atoms with van der Waals surface area (Å²) < 4.78 is 10.5. The lowest BCUT2D eigenvalue weighted by molar-refractivity contribution is 0.270. The molecule has 0 amide bonds. The lowest BCUT2D eigenvalue weighted by Gasteiger charge is -2.24. The van der Waals surface area contributed by atoms with E-state index in [0.717, 1.165) is 13.2 Å². The van der Waals surface area contributed by atoms with Gasteiger partial charge in [0.25, 0.3) is 0 Å². The van der Waals surface area contributed by atoms with Crippen LogP contribution in [0.4, 0.5) is 0 Å². The highest BCUT2D eigenvalue weighted by Crippen LogP contribution is 2.32. The summed E-state index contributed by atoms with van der Waals surface area (Å²) in [5.41, 5.74) is 0.518. The van der Waals surface area contributed by atoms with Gasteiger partial charge in [-0.2, -0.15) is 0 Å². The second-order valence-corrected chi connectivity index (χ2v) is 5.86. The van der Waals surface area contributed by atoms with Crippen molar-refractivity contribution < 1.29 is 9.47 Å². The van der Waals surface area contributed by atoms with E-state index < -0.39 is 0 Å². The van der Waals surface area contributed by atoms with Gasteiger partial charge in [-0.05, 0) is 31.1 Å². The highest BCUT2D eigenvalue weighted by atomic mass is 16.6. The van der Waals surface area contributed by atoms with Crippen molar-refractivity contribution in [3.8, 4) is 0 Å². The molecule has 2 nitrogen and oxygen atoms in total. The standard InChI is InChI=1S/C13H24O2/c1-13(2,7-3-5-11-9-14-11)8-4-6-12-10-15-12/h11-12H,3-10H2,1-2H3. The predicted molar refractivity (Wildman–Crippen MR) is 61.0 cm³/mol. The lowest BCUT2D eigenvalue weighted by Crippen LogP contribution is -2.11. The van der Waals surface area contributed by atoms with E-state index >= 15 is 0 Å². The Bertz CT molecular complexity index is 173. The molecule has 0 saturated carbocycles. The fourth-order valence-corrected chi connectivity index (χ4v) is 2.21. The van der Waals surface area contributed by atoms with Crippen molar-refractivity contribution in [3.05, 3.63) is 0 Å². The molecule has 0 bridgehead atoms. The summed E-state index contributed by atoms with van der Waals surface area (Å²) in [5.74, 6) is 0. The molecular formula is C13H24O2. The molecular weight excluding hydrogens is 188 g/mol. The molecule has 0 spiro atoms. The first-order chi connectivity index (χ1) is 7.16. The van der Waals surface area contributed by atoms with E-state index in [1.807, 2.05) is 0 Å². The van der Waals surface area contributed by atoms with Crippen LogP contribution in [0.3, 0.4) is 0 Å². The highest BCUT2D eigenvalue weighted by molar-refractivity contribution is 4.75. The summed E-state index contributed by atoms with van der Waals surface area (Å²) in [7, 11) is 0. The Balaban J connectivity index is 1.50. The molecule has 0 aromatic heterocycles. The Morgan fingerprint density at radius 3 is 1.67 bits per heavy atom. The third-order valence-electron chi connectivity index (χ3n) is 3.56. The fraction of sp³-hybridized carbons (Fsp3) is 1.00. The van der Waals surface area contributed by atoms with Gasteiger partial charge in [0, 0.05) is 0 Å². The van der Waals surface area contributed by atoms with Crippen molar-refractivity contribution in [1.82, 2.24) is 0 Å². The molecule has 0 aromatic carbocycles. The van der Waals surface area contributed by atoms with E-state index in [4.69, 9.17) is 9.47 Å². The topological polar surface area (TPSA) is 25.1 Å². The molecule has 2 atom stereocenters. The van der Waals surface area contributed by atoms with Crippen molar-refractivity contribution in [3.63, 3.8) is 0 Å². The number of rotatable bonds is 8. The van der Waals surface area contributed by atoms with Crippen LogP contribution in [-0.4, -0.2) is 25.4 Å². The van der Waals surface area contributed by atoms with Gasteiger partial charge < -0.3 is 9.47 Å². The van der Waals surface area contributed by atoms with E-state index in [0.29, 0.717) is 17.6 Å². The van der Waals surface area contributed by atoms with E-state index in [-0.39, 0.29) is 0 Å². The van der Waals surface area contributed by atoms with Crippen LogP contribution in [0.25, 0.3) is 0 Å². The zero-order valence-corrected chi connectivity index (χ0v) is 10.1. The molecule has 2 aliphatic heterocycles. The summed E-state index contributed by atoms with van der Waals surface area (Å²) in [5, 5.41) is 0. The third kappa shape index (κ3) is 4.98. The van der Waals surface area contributed by atoms with E-state index in [9.17, 15) is 0 Å². The zero-order chi connectivity index (χ0) is 10.7. The van der Waals surface area contributed by atoms with Gasteiger partial charge in [-0.3, -0.25) is 0 Å². The quantitative estimate of drug-likeness (QED) is 0.577. The summed E-state index contributed by atoms with van der Waals surface area (Å²) in [6, 6.07) is 0. The first-order valence-electron chi connectivity index (χ1n) is 6.39. The SMILES string of the molecule is CC(C)(CCCC1CO1)CCCC1CO1. The van der Waals surface area contributed by atoms with Crippen LogP contribution >= 0.6 is 0 Å². The van der Waals surface area contributed by atoms with Crippen LogP contribution in [0.15, 0.2) is 0 Å². The Labute approximate surface area is 93.3 Å². The highest BCUT2D eigenvalue weighted by Gasteiger charge is 2.26. The maximum Gasteiger partial charge on any atom is 0.0810 e. The Morgan fingerprint density at radius 1 is 0.933 bits per heavy atom. The number of hydrogen-bond acceptors (Lipinski definition) is 2. The molecule has 0 aromatic rings. The van der Waals surface area contributed by atoms with Crippen molar-refractivity contribution in [2.45, 2.75) is 64.6 Å². The van der Waals surface area contributed by atoms with E-state index in [1.165, 1.54) is 38.5 Å². The van der Waals surface area contributed by atoms with Crippen molar-refractivity contribution in [2.75, 3.05) is 13.2 Å². The first-order valence-corrected chi connectivity index (χ1v) is 6.39. The van der Waals surface area contributed by atoms with Crippen LogP contribution in [-0.2, 0) is 9.47 Å². The largest absolute Gasteiger partial charge is 0.373 e.